The molecule has 1 amide bonds. The molecule has 8 heteroatoms. The van der Waals surface area contributed by atoms with Gasteiger partial charge < -0.3 is 5.32 Å². The highest BCUT2D eigenvalue weighted by atomic mass is 19.4. The number of likely N-dealkylation sites (tertiary alicyclic amines) is 1. The van der Waals surface area contributed by atoms with E-state index < -0.39 is 24.3 Å². The molecule has 1 aromatic heterocycles. The number of amides is 1. The summed E-state index contributed by atoms with van der Waals surface area (Å²) in [7, 11) is 0. The third kappa shape index (κ3) is 5.32. The van der Waals surface area contributed by atoms with Gasteiger partial charge in [0.1, 0.15) is 12.2 Å². The molecular formula is C19H23F3N4O. The monoisotopic (exact) mass is 380 g/mol. The minimum Gasteiger partial charge on any atom is -0.324 e. The van der Waals surface area contributed by atoms with Crippen molar-refractivity contribution in [1.29, 1.82) is 0 Å². The second kappa shape index (κ2) is 8.12. The number of nitrogens with one attached hydrogen (secondary N) is 1. The van der Waals surface area contributed by atoms with E-state index in [1.807, 2.05) is 12.1 Å². The molecule has 2 heterocycles. The fourth-order valence-corrected chi connectivity index (χ4v) is 3.30. The van der Waals surface area contributed by atoms with Crippen LogP contribution in [-0.2, 0) is 24.1 Å². The Bertz CT molecular complexity index is 777. The highest BCUT2D eigenvalue weighted by Gasteiger charge is 2.35. The van der Waals surface area contributed by atoms with Gasteiger partial charge in [0.05, 0.1) is 5.69 Å². The van der Waals surface area contributed by atoms with Gasteiger partial charge >= 0.3 is 6.18 Å². The quantitative estimate of drug-likeness (QED) is 0.858. The highest BCUT2D eigenvalue weighted by Crippen LogP contribution is 2.29. The lowest BCUT2D eigenvalue weighted by molar-refractivity contribution is -0.144. The zero-order valence-electron chi connectivity index (χ0n) is 15.2. The van der Waals surface area contributed by atoms with E-state index in [-0.39, 0.29) is 5.69 Å². The van der Waals surface area contributed by atoms with E-state index in [0.717, 1.165) is 31.3 Å². The van der Waals surface area contributed by atoms with Crippen molar-refractivity contribution in [2.75, 3.05) is 18.4 Å². The van der Waals surface area contributed by atoms with Crippen molar-refractivity contribution in [2.45, 2.75) is 45.5 Å². The van der Waals surface area contributed by atoms with Gasteiger partial charge in [-0.1, -0.05) is 18.6 Å². The summed E-state index contributed by atoms with van der Waals surface area (Å²) in [5.41, 5.74) is 1.00. The number of hydrogen-bond donors (Lipinski definition) is 1. The number of hydrogen-bond acceptors (Lipinski definition) is 3. The lowest BCUT2D eigenvalue weighted by Crippen LogP contribution is -2.29. The third-order valence-electron chi connectivity index (χ3n) is 4.58. The number of piperidine rings is 1. The minimum absolute atomic E-state index is 0.220. The van der Waals surface area contributed by atoms with Gasteiger partial charge in [-0.05, 0) is 56.6 Å². The van der Waals surface area contributed by atoms with Crippen LogP contribution in [-0.4, -0.2) is 33.7 Å². The van der Waals surface area contributed by atoms with Gasteiger partial charge in [-0.3, -0.25) is 14.4 Å². The van der Waals surface area contributed by atoms with Crippen LogP contribution in [0.3, 0.4) is 0 Å². The molecule has 0 atom stereocenters. The molecule has 2 aromatic rings. The van der Waals surface area contributed by atoms with Gasteiger partial charge in [0.15, 0.2) is 0 Å². The number of carbonyl (C=O) groups is 1. The Morgan fingerprint density at radius 1 is 1.15 bits per heavy atom. The van der Waals surface area contributed by atoms with E-state index >= 15 is 0 Å². The SMILES string of the molecule is Cc1cc(C(F)(F)F)n(CC(=O)Nc2ccc(CN3CCCCC3)cc2)n1. The maximum atomic E-state index is 13.0. The first-order chi connectivity index (χ1) is 12.8. The third-order valence-corrected chi connectivity index (χ3v) is 4.58. The fourth-order valence-electron chi connectivity index (χ4n) is 3.30. The molecule has 1 aromatic carbocycles. The average molecular weight is 380 g/mol. The Kier molecular flexibility index (Phi) is 5.84. The summed E-state index contributed by atoms with van der Waals surface area (Å²) in [5.74, 6) is -0.549. The van der Waals surface area contributed by atoms with Crippen LogP contribution in [0.4, 0.5) is 18.9 Å². The largest absolute Gasteiger partial charge is 0.433 e. The molecule has 0 aliphatic carbocycles. The van der Waals surface area contributed by atoms with Crippen molar-refractivity contribution in [3.63, 3.8) is 0 Å². The van der Waals surface area contributed by atoms with Crippen molar-refractivity contribution in [1.82, 2.24) is 14.7 Å². The molecule has 0 bridgehead atoms. The van der Waals surface area contributed by atoms with Crippen molar-refractivity contribution < 1.29 is 18.0 Å². The van der Waals surface area contributed by atoms with E-state index in [1.54, 1.807) is 12.1 Å². The number of rotatable bonds is 5. The van der Waals surface area contributed by atoms with Crippen molar-refractivity contribution in [3.8, 4) is 0 Å². The molecule has 0 saturated carbocycles. The van der Waals surface area contributed by atoms with Gasteiger partial charge in [0, 0.05) is 12.2 Å². The average Bonchev–Trinajstić information content (AvgIpc) is 2.98. The molecule has 1 N–H and O–H groups in total. The van der Waals surface area contributed by atoms with Crippen molar-refractivity contribution >= 4 is 11.6 Å². The maximum absolute atomic E-state index is 13.0. The van der Waals surface area contributed by atoms with Crippen LogP contribution < -0.4 is 5.32 Å². The molecule has 0 spiro atoms. The number of benzene rings is 1. The van der Waals surface area contributed by atoms with E-state index in [1.165, 1.54) is 26.2 Å². The molecule has 1 fully saturated rings. The number of carbonyl (C=O) groups excluding carboxylic acids is 1. The van der Waals surface area contributed by atoms with Gasteiger partial charge in [-0.15, -0.1) is 0 Å². The number of anilines is 1. The zero-order chi connectivity index (χ0) is 19.4. The summed E-state index contributed by atoms with van der Waals surface area (Å²) in [6, 6.07) is 8.35. The van der Waals surface area contributed by atoms with Gasteiger partial charge in [0.2, 0.25) is 5.91 Å². The first-order valence-electron chi connectivity index (χ1n) is 9.04. The van der Waals surface area contributed by atoms with Crippen LogP contribution in [0.15, 0.2) is 30.3 Å². The normalized spacial score (nSPS) is 15.7. The lowest BCUT2D eigenvalue weighted by Gasteiger charge is -2.26. The number of halogens is 3. The van der Waals surface area contributed by atoms with E-state index in [4.69, 9.17) is 0 Å². The van der Waals surface area contributed by atoms with Crippen LogP contribution in [0.25, 0.3) is 0 Å². The van der Waals surface area contributed by atoms with Crippen LogP contribution in [0.2, 0.25) is 0 Å². The Morgan fingerprint density at radius 2 is 1.81 bits per heavy atom. The second-order valence-electron chi connectivity index (χ2n) is 6.91. The van der Waals surface area contributed by atoms with Crippen molar-refractivity contribution in [2.24, 2.45) is 0 Å². The summed E-state index contributed by atoms with van der Waals surface area (Å²) in [5, 5.41) is 6.40. The van der Waals surface area contributed by atoms with Crippen LogP contribution in [0.1, 0.15) is 36.2 Å². The summed E-state index contributed by atoms with van der Waals surface area (Å²) in [6.07, 6.45) is -0.813. The van der Waals surface area contributed by atoms with Gasteiger partial charge in [-0.25, -0.2) is 0 Å². The molecule has 5 nitrogen and oxygen atoms in total. The first kappa shape index (κ1) is 19.4. The molecule has 1 aliphatic heterocycles. The predicted molar refractivity (Wildman–Crippen MR) is 96.2 cm³/mol. The lowest BCUT2D eigenvalue weighted by atomic mass is 10.1. The zero-order valence-corrected chi connectivity index (χ0v) is 15.2. The van der Waals surface area contributed by atoms with Gasteiger partial charge in [0.25, 0.3) is 0 Å². The molecule has 146 valence electrons. The van der Waals surface area contributed by atoms with Crippen LogP contribution >= 0.6 is 0 Å². The molecule has 0 unspecified atom stereocenters. The smallest absolute Gasteiger partial charge is 0.324 e. The molecule has 3 rings (SSSR count). The van der Waals surface area contributed by atoms with Gasteiger partial charge in [-0.2, -0.15) is 18.3 Å². The number of aryl methyl sites for hydroxylation is 1. The summed E-state index contributed by atoms with van der Waals surface area (Å²) < 4.78 is 39.6. The number of alkyl halides is 3. The number of nitrogens with zero attached hydrogens (tertiary/aromatic N) is 3. The maximum Gasteiger partial charge on any atom is 0.433 e. The Balaban J connectivity index is 1.58. The number of aromatic nitrogens is 2. The molecule has 1 aliphatic rings. The standard InChI is InChI=1S/C19H23F3N4O/c1-14-11-17(19(20,21)22)26(24-14)13-18(27)23-16-7-5-15(6-8-16)12-25-9-3-2-4-10-25/h5-8,11H,2-4,9-10,12-13H2,1H3,(H,23,27). The molecule has 0 radical (unpaired) electrons. The summed E-state index contributed by atoms with van der Waals surface area (Å²) in [6.45, 7) is 4.05. The fraction of sp³-hybridized carbons (Fsp3) is 0.474. The van der Waals surface area contributed by atoms with E-state index in [0.29, 0.717) is 10.4 Å². The van der Waals surface area contributed by atoms with Crippen molar-refractivity contribution in [3.05, 3.63) is 47.3 Å². The Labute approximate surface area is 156 Å². The minimum atomic E-state index is -4.54. The Morgan fingerprint density at radius 3 is 2.44 bits per heavy atom. The second-order valence-corrected chi connectivity index (χ2v) is 6.91. The highest BCUT2D eigenvalue weighted by molar-refractivity contribution is 5.90. The van der Waals surface area contributed by atoms with Crippen LogP contribution in [0, 0.1) is 6.92 Å². The van der Waals surface area contributed by atoms with E-state index in [2.05, 4.69) is 15.3 Å². The Hall–Kier alpha value is -2.35. The molecular weight excluding hydrogens is 357 g/mol. The summed E-state index contributed by atoms with van der Waals surface area (Å²) in [4.78, 5) is 14.5. The molecule has 1 saturated heterocycles. The summed E-state index contributed by atoms with van der Waals surface area (Å²) >= 11 is 0. The first-order valence-corrected chi connectivity index (χ1v) is 9.04. The van der Waals surface area contributed by atoms with E-state index in [9.17, 15) is 18.0 Å². The van der Waals surface area contributed by atoms with Crippen LogP contribution in [0.5, 0.6) is 0 Å². The predicted octanol–water partition coefficient (Wildman–Crippen LogP) is 3.83. The molecule has 27 heavy (non-hydrogen) atoms. The topological polar surface area (TPSA) is 50.2 Å².